The second-order valence-electron chi connectivity index (χ2n) is 6.85. The maximum absolute atomic E-state index is 9.33. The van der Waals surface area contributed by atoms with Crippen LogP contribution in [0.2, 0.25) is 0 Å². The topological polar surface area (TPSA) is 84.0 Å². The van der Waals surface area contributed by atoms with E-state index in [1.807, 2.05) is 65.0 Å². The fourth-order valence-electron chi connectivity index (χ4n) is 2.42. The van der Waals surface area contributed by atoms with Gasteiger partial charge in [0.05, 0.1) is 5.54 Å². The molecule has 1 atom stereocenters. The number of amidine groups is 1. The number of rotatable bonds is 1. The third-order valence-corrected chi connectivity index (χ3v) is 3.64. The Kier molecular flexibility index (Phi) is 4.16. The number of nitrogens with one attached hydrogen (secondary N) is 2. The summed E-state index contributed by atoms with van der Waals surface area (Å²) >= 11 is 0. The van der Waals surface area contributed by atoms with Gasteiger partial charge in [-0.2, -0.15) is 10.5 Å². The second-order valence-corrected chi connectivity index (χ2v) is 6.85. The summed E-state index contributed by atoms with van der Waals surface area (Å²) in [5.41, 5.74) is 1.53. The second kappa shape index (κ2) is 5.78. The predicted molar refractivity (Wildman–Crippen MR) is 90.2 cm³/mol. The Labute approximate surface area is 137 Å². The Bertz CT molecular complexity index is 751. The van der Waals surface area contributed by atoms with E-state index in [9.17, 15) is 10.5 Å². The molecule has 1 aliphatic rings. The zero-order valence-electron chi connectivity index (χ0n) is 14.2. The molecule has 5 nitrogen and oxygen atoms in total. The minimum atomic E-state index is -0.702. The summed E-state index contributed by atoms with van der Waals surface area (Å²) in [4.78, 5) is 4.74. The first kappa shape index (κ1) is 16.6. The molecule has 1 aromatic rings. The van der Waals surface area contributed by atoms with Crippen molar-refractivity contribution in [1.82, 2.24) is 10.6 Å². The van der Waals surface area contributed by atoms with E-state index < -0.39 is 5.54 Å². The molecule has 0 spiro atoms. The van der Waals surface area contributed by atoms with Crippen LogP contribution in [0, 0.1) is 29.6 Å². The van der Waals surface area contributed by atoms with Gasteiger partial charge in [-0.15, -0.1) is 0 Å². The molecular weight excluding hydrogens is 286 g/mol. The van der Waals surface area contributed by atoms with Crippen LogP contribution in [0.5, 0.6) is 0 Å². The third-order valence-electron chi connectivity index (χ3n) is 3.64. The molecule has 118 valence electrons. The van der Waals surface area contributed by atoms with Crippen molar-refractivity contribution in [2.75, 3.05) is 0 Å². The van der Waals surface area contributed by atoms with Crippen LogP contribution < -0.4 is 10.6 Å². The van der Waals surface area contributed by atoms with Gasteiger partial charge in [0.2, 0.25) is 0 Å². The summed E-state index contributed by atoms with van der Waals surface area (Å²) in [6.07, 6.45) is 0. The molecule has 0 radical (unpaired) electrons. The van der Waals surface area contributed by atoms with Crippen molar-refractivity contribution in [3.05, 3.63) is 46.8 Å². The highest BCUT2D eigenvalue weighted by atomic mass is 15.2. The van der Waals surface area contributed by atoms with Crippen LogP contribution in [-0.2, 0) is 5.54 Å². The number of benzene rings is 1. The lowest BCUT2D eigenvalue weighted by atomic mass is 9.87. The molecule has 0 aliphatic carbocycles. The molecule has 0 aromatic heterocycles. The van der Waals surface area contributed by atoms with Crippen LogP contribution in [0.15, 0.2) is 40.7 Å². The monoisotopic (exact) mass is 307 g/mol. The van der Waals surface area contributed by atoms with Gasteiger partial charge in [-0.1, -0.05) is 29.8 Å². The maximum Gasteiger partial charge on any atom is 0.153 e. The van der Waals surface area contributed by atoms with Crippen molar-refractivity contribution in [2.24, 2.45) is 4.99 Å². The number of aliphatic imine (C=N–C) groups is 1. The highest BCUT2D eigenvalue weighted by molar-refractivity contribution is 5.96. The van der Waals surface area contributed by atoms with Crippen molar-refractivity contribution in [3.63, 3.8) is 0 Å². The minimum Gasteiger partial charge on any atom is -0.358 e. The molecule has 1 unspecified atom stereocenters. The predicted octanol–water partition coefficient (Wildman–Crippen LogP) is 2.86. The van der Waals surface area contributed by atoms with Crippen molar-refractivity contribution in [1.29, 1.82) is 10.5 Å². The molecule has 1 aromatic carbocycles. The Balaban J connectivity index is 2.64. The molecule has 2 rings (SSSR count). The number of aryl methyl sites for hydroxylation is 1. The van der Waals surface area contributed by atoms with Gasteiger partial charge >= 0.3 is 0 Å². The van der Waals surface area contributed by atoms with E-state index in [1.165, 1.54) is 0 Å². The summed E-state index contributed by atoms with van der Waals surface area (Å²) in [6.45, 7) is 9.96. The molecule has 0 fully saturated rings. The summed E-state index contributed by atoms with van der Waals surface area (Å²) in [5.74, 6) is 0.629. The zero-order valence-corrected chi connectivity index (χ0v) is 14.2. The first-order valence-electron chi connectivity index (χ1n) is 7.47. The van der Waals surface area contributed by atoms with Gasteiger partial charge in [0.15, 0.2) is 5.70 Å². The lowest BCUT2D eigenvalue weighted by Crippen LogP contribution is -2.56. The van der Waals surface area contributed by atoms with Crippen LogP contribution >= 0.6 is 0 Å². The van der Waals surface area contributed by atoms with Crippen molar-refractivity contribution in [2.45, 2.75) is 45.7 Å². The number of hydrogen-bond donors (Lipinski definition) is 2. The molecule has 0 bridgehead atoms. The van der Waals surface area contributed by atoms with E-state index in [-0.39, 0.29) is 16.9 Å². The molecule has 1 heterocycles. The van der Waals surface area contributed by atoms with Crippen LogP contribution in [0.1, 0.15) is 38.8 Å². The fraction of sp³-hybridized carbons (Fsp3) is 0.389. The van der Waals surface area contributed by atoms with Gasteiger partial charge in [0.25, 0.3) is 0 Å². The smallest absolute Gasteiger partial charge is 0.153 e. The summed E-state index contributed by atoms with van der Waals surface area (Å²) in [6, 6.07) is 12.1. The van der Waals surface area contributed by atoms with Crippen molar-refractivity contribution >= 4 is 5.84 Å². The minimum absolute atomic E-state index is 0.195. The van der Waals surface area contributed by atoms with E-state index >= 15 is 0 Å². The fourth-order valence-corrected chi connectivity index (χ4v) is 2.42. The molecule has 2 N–H and O–H groups in total. The molecular formula is C18H21N5. The van der Waals surface area contributed by atoms with Crippen LogP contribution in [-0.4, -0.2) is 11.4 Å². The first-order valence-corrected chi connectivity index (χ1v) is 7.47. The van der Waals surface area contributed by atoms with E-state index in [1.54, 1.807) is 0 Å². The Morgan fingerprint density at radius 1 is 1.04 bits per heavy atom. The maximum atomic E-state index is 9.33. The number of allylic oxidation sites excluding steroid dienone is 2. The molecule has 0 saturated carbocycles. The number of hydrogen-bond acceptors (Lipinski definition) is 4. The van der Waals surface area contributed by atoms with Gasteiger partial charge in [0, 0.05) is 0 Å². The van der Waals surface area contributed by atoms with Gasteiger partial charge in [-0.25, -0.2) is 0 Å². The molecule has 0 saturated heterocycles. The standard InChI is InChI=1S/C18H21N5/c1-12-6-8-13(9-7-12)18(5)16(23-17(2,3)4)21-14(10-19)15(11-20)22-18/h6-9,22H,1-5H3,(H,21,23). The Morgan fingerprint density at radius 2 is 1.61 bits per heavy atom. The number of nitriles is 2. The van der Waals surface area contributed by atoms with Gasteiger partial charge in [-0.3, -0.25) is 4.99 Å². The highest BCUT2D eigenvalue weighted by Crippen LogP contribution is 2.29. The highest BCUT2D eigenvalue weighted by Gasteiger charge is 2.39. The van der Waals surface area contributed by atoms with E-state index in [0.717, 1.165) is 11.1 Å². The van der Waals surface area contributed by atoms with Crippen LogP contribution in [0.4, 0.5) is 0 Å². The van der Waals surface area contributed by atoms with E-state index in [4.69, 9.17) is 4.99 Å². The Hall–Kier alpha value is -2.79. The van der Waals surface area contributed by atoms with Crippen LogP contribution in [0.25, 0.3) is 0 Å². The van der Waals surface area contributed by atoms with Gasteiger partial charge < -0.3 is 10.6 Å². The largest absolute Gasteiger partial charge is 0.358 e. The third kappa shape index (κ3) is 3.35. The molecule has 1 aliphatic heterocycles. The molecule has 5 heteroatoms. The summed E-state index contributed by atoms with van der Waals surface area (Å²) in [7, 11) is 0. The van der Waals surface area contributed by atoms with Crippen molar-refractivity contribution in [3.8, 4) is 12.1 Å². The normalized spacial score (nSPS) is 22.8. The quantitative estimate of drug-likeness (QED) is 0.835. The number of nitrogens with zero attached hydrogens (tertiary/aromatic N) is 3. The van der Waals surface area contributed by atoms with E-state index in [0.29, 0.717) is 5.84 Å². The van der Waals surface area contributed by atoms with E-state index in [2.05, 4.69) is 16.7 Å². The SMILES string of the molecule is Cc1ccc(C2(C)NC(C#N)=C(C#N)NC2=NC(C)(C)C)cc1. The average molecular weight is 307 g/mol. The van der Waals surface area contributed by atoms with Gasteiger partial charge in [-0.05, 0) is 40.2 Å². The summed E-state index contributed by atoms with van der Waals surface area (Å²) < 4.78 is 0. The lowest BCUT2D eigenvalue weighted by Gasteiger charge is -2.38. The summed E-state index contributed by atoms with van der Waals surface area (Å²) in [5, 5.41) is 24.8. The first-order chi connectivity index (χ1) is 10.7. The Morgan fingerprint density at radius 3 is 2.09 bits per heavy atom. The average Bonchev–Trinajstić information content (AvgIpc) is 2.48. The lowest BCUT2D eigenvalue weighted by molar-refractivity contribution is 0.497. The zero-order chi connectivity index (χ0) is 17.3. The molecule has 0 amide bonds. The molecule has 23 heavy (non-hydrogen) atoms. The van der Waals surface area contributed by atoms with Gasteiger partial charge in [0.1, 0.15) is 29.2 Å². The van der Waals surface area contributed by atoms with Crippen molar-refractivity contribution < 1.29 is 0 Å². The van der Waals surface area contributed by atoms with Crippen LogP contribution in [0.3, 0.4) is 0 Å².